The van der Waals surface area contributed by atoms with E-state index < -0.39 is 0 Å². The van der Waals surface area contributed by atoms with Crippen molar-refractivity contribution in [3.8, 4) is 0 Å². The Hall–Kier alpha value is -1.31. The largest absolute Gasteiger partial charge is 0.352 e. The molecule has 0 aromatic heterocycles. The van der Waals surface area contributed by atoms with Crippen molar-refractivity contribution >= 4 is 5.91 Å². The predicted octanol–water partition coefficient (Wildman–Crippen LogP) is 2.59. The first-order valence-electron chi connectivity index (χ1n) is 5.01. The SMILES string of the molecule is C=C/C=C1/CC(=O)NC/C1=C/C.CC. The number of allylic oxidation sites excluding steroid dienone is 3. The topological polar surface area (TPSA) is 29.1 Å². The van der Waals surface area contributed by atoms with Crippen molar-refractivity contribution in [2.75, 3.05) is 6.54 Å². The van der Waals surface area contributed by atoms with E-state index in [1.54, 1.807) is 6.08 Å². The van der Waals surface area contributed by atoms with Gasteiger partial charge in [-0.25, -0.2) is 0 Å². The Bertz CT molecular complexity index is 261. The van der Waals surface area contributed by atoms with Crippen LogP contribution in [0.5, 0.6) is 0 Å². The molecule has 0 aliphatic carbocycles. The van der Waals surface area contributed by atoms with Crippen LogP contribution < -0.4 is 5.32 Å². The molecule has 1 N–H and O–H groups in total. The first-order chi connectivity index (χ1) is 6.77. The summed E-state index contributed by atoms with van der Waals surface area (Å²) < 4.78 is 0. The third kappa shape index (κ3) is 3.60. The molecule has 2 nitrogen and oxygen atoms in total. The van der Waals surface area contributed by atoms with E-state index in [1.807, 2.05) is 32.9 Å². The van der Waals surface area contributed by atoms with Crippen molar-refractivity contribution in [2.24, 2.45) is 0 Å². The summed E-state index contributed by atoms with van der Waals surface area (Å²) >= 11 is 0. The Labute approximate surface area is 86.4 Å². The van der Waals surface area contributed by atoms with E-state index in [-0.39, 0.29) is 5.91 Å². The van der Waals surface area contributed by atoms with Gasteiger partial charge in [0.2, 0.25) is 5.91 Å². The summed E-state index contributed by atoms with van der Waals surface area (Å²) in [5.74, 6) is 0.0914. The van der Waals surface area contributed by atoms with Gasteiger partial charge >= 0.3 is 0 Å². The fraction of sp³-hybridized carbons (Fsp3) is 0.417. The zero-order valence-electron chi connectivity index (χ0n) is 9.26. The van der Waals surface area contributed by atoms with Gasteiger partial charge in [-0.1, -0.05) is 38.7 Å². The van der Waals surface area contributed by atoms with E-state index in [9.17, 15) is 4.79 Å². The third-order valence-corrected chi connectivity index (χ3v) is 1.91. The molecule has 1 fully saturated rings. The smallest absolute Gasteiger partial charge is 0.224 e. The number of rotatable bonds is 1. The average molecular weight is 193 g/mol. The van der Waals surface area contributed by atoms with Crippen molar-refractivity contribution in [2.45, 2.75) is 27.2 Å². The second kappa shape index (κ2) is 7.13. The van der Waals surface area contributed by atoms with Crippen LogP contribution in [0.1, 0.15) is 27.2 Å². The van der Waals surface area contributed by atoms with Gasteiger partial charge in [-0.2, -0.15) is 0 Å². The number of nitrogens with one attached hydrogen (secondary N) is 1. The molecule has 0 radical (unpaired) electrons. The van der Waals surface area contributed by atoms with Gasteiger partial charge in [-0.05, 0) is 18.1 Å². The predicted molar refractivity (Wildman–Crippen MR) is 61.0 cm³/mol. The number of piperidine rings is 1. The Balaban J connectivity index is 0.000000791. The van der Waals surface area contributed by atoms with Crippen molar-refractivity contribution in [3.05, 3.63) is 36.0 Å². The maximum absolute atomic E-state index is 11.0. The van der Waals surface area contributed by atoms with Gasteiger partial charge < -0.3 is 5.32 Å². The van der Waals surface area contributed by atoms with Crippen molar-refractivity contribution in [1.29, 1.82) is 0 Å². The first-order valence-corrected chi connectivity index (χ1v) is 5.01. The lowest BCUT2D eigenvalue weighted by Gasteiger charge is -2.18. The van der Waals surface area contributed by atoms with Gasteiger partial charge in [0.1, 0.15) is 0 Å². The number of carbonyl (C=O) groups excluding carboxylic acids is 1. The highest BCUT2D eigenvalue weighted by Crippen LogP contribution is 2.17. The lowest BCUT2D eigenvalue weighted by molar-refractivity contribution is -0.120. The summed E-state index contributed by atoms with van der Waals surface area (Å²) in [6.45, 7) is 10.2. The molecule has 0 spiro atoms. The molecule has 0 unspecified atom stereocenters. The highest BCUT2D eigenvalue weighted by atomic mass is 16.1. The monoisotopic (exact) mass is 193 g/mol. The molecule has 0 atom stereocenters. The van der Waals surface area contributed by atoms with Crippen LogP contribution in [0.25, 0.3) is 0 Å². The number of hydrogen-bond acceptors (Lipinski definition) is 1. The van der Waals surface area contributed by atoms with E-state index in [0.717, 1.165) is 5.57 Å². The molecule has 1 aliphatic rings. The zero-order chi connectivity index (χ0) is 11.0. The summed E-state index contributed by atoms with van der Waals surface area (Å²) in [5.41, 5.74) is 2.27. The van der Waals surface area contributed by atoms with Crippen LogP contribution in [0.4, 0.5) is 0 Å². The molecule has 1 saturated heterocycles. The average Bonchev–Trinajstić information content (AvgIpc) is 2.22. The molecule has 78 valence electrons. The normalized spacial score (nSPS) is 21.2. The Morgan fingerprint density at radius 3 is 2.50 bits per heavy atom. The highest BCUT2D eigenvalue weighted by molar-refractivity contribution is 5.82. The van der Waals surface area contributed by atoms with Crippen LogP contribution in [0.15, 0.2) is 36.0 Å². The van der Waals surface area contributed by atoms with Crippen LogP contribution in [-0.4, -0.2) is 12.5 Å². The molecule has 1 heterocycles. The summed E-state index contributed by atoms with van der Waals surface area (Å²) in [6.07, 6.45) is 6.12. The van der Waals surface area contributed by atoms with Crippen LogP contribution >= 0.6 is 0 Å². The minimum absolute atomic E-state index is 0.0914. The minimum atomic E-state index is 0.0914. The van der Waals surface area contributed by atoms with Gasteiger partial charge in [-0.15, -0.1) is 0 Å². The molecule has 1 amide bonds. The molecular formula is C12H19NO. The highest BCUT2D eigenvalue weighted by Gasteiger charge is 2.15. The Morgan fingerprint density at radius 2 is 2.00 bits per heavy atom. The zero-order valence-corrected chi connectivity index (χ0v) is 9.26. The Morgan fingerprint density at radius 1 is 1.36 bits per heavy atom. The molecule has 0 bridgehead atoms. The minimum Gasteiger partial charge on any atom is -0.352 e. The van der Waals surface area contributed by atoms with E-state index in [1.165, 1.54) is 5.57 Å². The lowest BCUT2D eigenvalue weighted by Crippen LogP contribution is -2.31. The molecule has 1 rings (SSSR count). The molecule has 2 heteroatoms. The summed E-state index contributed by atoms with van der Waals surface area (Å²) in [6, 6.07) is 0. The fourth-order valence-electron chi connectivity index (χ4n) is 1.25. The van der Waals surface area contributed by atoms with Gasteiger partial charge in [0.25, 0.3) is 0 Å². The van der Waals surface area contributed by atoms with Crippen LogP contribution in [-0.2, 0) is 4.79 Å². The number of hydrogen-bond donors (Lipinski definition) is 1. The van der Waals surface area contributed by atoms with E-state index in [4.69, 9.17) is 0 Å². The van der Waals surface area contributed by atoms with Gasteiger partial charge in [0, 0.05) is 6.54 Å². The molecule has 0 aromatic carbocycles. The number of amides is 1. The van der Waals surface area contributed by atoms with E-state index >= 15 is 0 Å². The Kier molecular flexibility index (Phi) is 6.46. The first kappa shape index (κ1) is 12.7. The van der Waals surface area contributed by atoms with Crippen LogP contribution in [0.2, 0.25) is 0 Å². The fourth-order valence-corrected chi connectivity index (χ4v) is 1.25. The van der Waals surface area contributed by atoms with Crippen molar-refractivity contribution in [1.82, 2.24) is 5.32 Å². The quantitative estimate of drug-likeness (QED) is 0.681. The maximum Gasteiger partial charge on any atom is 0.224 e. The third-order valence-electron chi connectivity index (χ3n) is 1.91. The van der Waals surface area contributed by atoms with Crippen molar-refractivity contribution < 1.29 is 4.79 Å². The van der Waals surface area contributed by atoms with Gasteiger partial charge in [0.15, 0.2) is 0 Å². The van der Waals surface area contributed by atoms with E-state index in [2.05, 4.69) is 11.9 Å². The second-order valence-electron chi connectivity index (χ2n) is 2.70. The molecule has 14 heavy (non-hydrogen) atoms. The summed E-state index contributed by atoms with van der Waals surface area (Å²) in [4.78, 5) is 11.0. The second-order valence-corrected chi connectivity index (χ2v) is 2.70. The summed E-state index contributed by atoms with van der Waals surface area (Å²) in [5, 5.41) is 2.79. The lowest BCUT2D eigenvalue weighted by atomic mass is 9.98. The van der Waals surface area contributed by atoms with Crippen molar-refractivity contribution in [3.63, 3.8) is 0 Å². The van der Waals surface area contributed by atoms with Gasteiger partial charge in [-0.3, -0.25) is 4.79 Å². The maximum atomic E-state index is 11.0. The molecule has 0 aromatic rings. The van der Waals surface area contributed by atoms with Crippen LogP contribution in [0, 0.1) is 0 Å². The summed E-state index contributed by atoms with van der Waals surface area (Å²) in [7, 11) is 0. The van der Waals surface area contributed by atoms with Gasteiger partial charge in [0.05, 0.1) is 6.42 Å². The molecular weight excluding hydrogens is 174 g/mol. The number of carbonyl (C=O) groups is 1. The molecule has 1 aliphatic heterocycles. The molecule has 0 saturated carbocycles. The van der Waals surface area contributed by atoms with E-state index in [0.29, 0.717) is 13.0 Å². The standard InChI is InChI=1S/C10H13NO.C2H6/c1-3-5-9-6-10(12)11-7-8(9)4-2;1-2/h3-5H,1,6-7H2,2H3,(H,11,12);1-2H3/b8-4-,9-5-;. The van der Waals surface area contributed by atoms with Crippen LogP contribution in [0.3, 0.4) is 0 Å².